The van der Waals surface area contributed by atoms with E-state index in [-0.39, 0.29) is 17.1 Å². The number of para-hydroxylation sites is 2. The van der Waals surface area contributed by atoms with E-state index in [9.17, 15) is 18.4 Å². The number of alkyl halides is 2. The monoisotopic (exact) mass is 404 g/mol. The molecule has 2 aromatic carbocycles. The van der Waals surface area contributed by atoms with Gasteiger partial charge in [-0.3, -0.25) is 4.79 Å². The van der Waals surface area contributed by atoms with Crippen LogP contribution < -0.4 is 10.1 Å². The second kappa shape index (κ2) is 9.05. The van der Waals surface area contributed by atoms with Gasteiger partial charge in [0.25, 0.3) is 5.91 Å². The molecule has 0 spiro atoms. The van der Waals surface area contributed by atoms with Crippen LogP contribution in [0.15, 0.2) is 60.0 Å². The number of carbonyl (C=O) groups is 2. The summed E-state index contributed by atoms with van der Waals surface area (Å²) < 4.78 is 34.0. The average molecular weight is 404 g/mol. The van der Waals surface area contributed by atoms with Crippen molar-refractivity contribution in [2.24, 2.45) is 0 Å². The number of carbonyl (C=O) groups excluding carboxylic acids is 2. The third kappa shape index (κ3) is 5.10. The van der Waals surface area contributed by atoms with Crippen molar-refractivity contribution in [3.8, 4) is 16.3 Å². The molecule has 0 saturated heterocycles. The zero-order valence-corrected chi connectivity index (χ0v) is 15.1. The number of halogens is 2. The molecule has 0 radical (unpaired) electrons. The number of hydrogen-bond acceptors (Lipinski definition) is 6. The largest absolute Gasteiger partial charge is 0.451 e. The van der Waals surface area contributed by atoms with Crippen molar-refractivity contribution in [2.45, 2.75) is 6.61 Å². The zero-order chi connectivity index (χ0) is 19.9. The first-order chi connectivity index (χ1) is 13.5. The van der Waals surface area contributed by atoms with E-state index in [1.54, 1.807) is 6.07 Å². The van der Waals surface area contributed by atoms with E-state index >= 15 is 0 Å². The number of nitrogens with zero attached hydrogens (tertiary/aromatic N) is 1. The lowest BCUT2D eigenvalue weighted by atomic mass is 10.2. The molecule has 0 saturated carbocycles. The number of thiazole rings is 1. The van der Waals surface area contributed by atoms with Crippen LogP contribution in [0.5, 0.6) is 5.75 Å². The zero-order valence-electron chi connectivity index (χ0n) is 14.3. The Morgan fingerprint density at radius 1 is 1.07 bits per heavy atom. The SMILES string of the molecule is O=C(COC(=O)c1csc(-c2ccccc2)n1)Nc1ccccc1OC(F)F. The smallest absolute Gasteiger partial charge is 0.387 e. The van der Waals surface area contributed by atoms with Crippen LogP contribution in [0.2, 0.25) is 0 Å². The molecular weight excluding hydrogens is 390 g/mol. The minimum atomic E-state index is -3.03. The summed E-state index contributed by atoms with van der Waals surface area (Å²) in [7, 11) is 0. The fourth-order valence-electron chi connectivity index (χ4n) is 2.24. The molecule has 3 aromatic rings. The number of anilines is 1. The molecule has 0 atom stereocenters. The van der Waals surface area contributed by atoms with Gasteiger partial charge < -0.3 is 14.8 Å². The molecule has 1 amide bonds. The highest BCUT2D eigenvalue weighted by Gasteiger charge is 2.16. The molecule has 3 rings (SSSR count). The van der Waals surface area contributed by atoms with Crippen molar-refractivity contribution in [3.63, 3.8) is 0 Å². The molecule has 0 aliphatic heterocycles. The van der Waals surface area contributed by atoms with Crippen molar-refractivity contribution >= 4 is 28.9 Å². The minimum absolute atomic E-state index is 0.0453. The summed E-state index contributed by atoms with van der Waals surface area (Å²) in [6, 6.07) is 15.0. The Bertz CT molecular complexity index is 963. The van der Waals surface area contributed by atoms with E-state index in [4.69, 9.17) is 4.74 Å². The van der Waals surface area contributed by atoms with Gasteiger partial charge in [0.2, 0.25) is 0 Å². The van der Waals surface area contributed by atoms with Gasteiger partial charge in [0, 0.05) is 10.9 Å². The van der Waals surface area contributed by atoms with Crippen molar-refractivity contribution < 1.29 is 27.8 Å². The van der Waals surface area contributed by atoms with Gasteiger partial charge in [-0.1, -0.05) is 42.5 Å². The molecule has 6 nitrogen and oxygen atoms in total. The lowest BCUT2D eigenvalue weighted by Crippen LogP contribution is -2.21. The first-order valence-electron chi connectivity index (χ1n) is 8.04. The molecule has 28 heavy (non-hydrogen) atoms. The average Bonchev–Trinajstić information content (AvgIpc) is 3.18. The first-order valence-corrected chi connectivity index (χ1v) is 8.92. The Kier molecular flexibility index (Phi) is 6.28. The summed E-state index contributed by atoms with van der Waals surface area (Å²) in [5.41, 5.74) is 0.988. The van der Waals surface area contributed by atoms with Crippen LogP contribution in [-0.4, -0.2) is 30.1 Å². The molecule has 0 unspecified atom stereocenters. The number of hydrogen-bond donors (Lipinski definition) is 1. The molecular formula is C19H14F2N2O4S. The molecule has 0 bridgehead atoms. The van der Waals surface area contributed by atoms with Gasteiger partial charge >= 0.3 is 12.6 Å². The molecule has 1 aromatic heterocycles. The molecule has 0 aliphatic rings. The number of aromatic nitrogens is 1. The van der Waals surface area contributed by atoms with E-state index in [0.29, 0.717) is 5.01 Å². The fraction of sp³-hybridized carbons (Fsp3) is 0.105. The maximum absolute atomic E-state index is 12.4. The Labute approximate surface area is 162 Å². The number of rotatable bonds is 7. The summed E-state index contributed by atoms with van der Waals surface area (Å²) >= 11 is 1.28. The van der Waals surface area contributed by atoms with Crippen LogP contribution in [0.3, 0.4) is 0 Å². The maximum atomic E-state index is 12.4. The Morgan fingerprint density at radius 2 is 1.79 bits per heavy atom. The highest BCUT2D eigenvalue weighted by Crippen LogP contribution is 2.26. The van der Waals surface area contributed by atoms with Gasteiger partial charge in [-0.15, -0.1) is 11.3 Å². The number of esters is 1. The molecule has 144 valence electrons. The number of benzene rings is 2. The van der Waals surface area contributed by atoms with Crippen molar-refractivity contribution in [1.29, 1.82) is 0 Å². The van der Waals surface area contributed by atoms with Gasteiger partial charge in [0.15, 0.2) is 12.3 Å². The van der Waals surface area contributed by atoms with Crippen LogP contribution in [0.4, 0.5) is 14.5 Å². The lowest BCUT2D eigenvalue weighted by molar-refractivity contribution is -0.119. The fourth-order valence-corrected chi connectivity index (χ4v) is 3.04. The Hall–Kier alpha value is -3.33. The Balaban J connectivity index is 1.57. The Morgan fingerprint density at radius 3 is 2.54 bits per heavy atom. The molecule has 0 fully saturated rings. The van der Waals surface area contributed by atoms with Gasteiger partial charge in [-0.25, -0.2) is 9.78 Å². The van der Waals surface area contributed by atoms with Crippen LogP contribution in [0, 0.1) is 0 Å². The van der Waals surface area contributed by atoms with Crippen molar-refractivity contribution in [3.05, 3.63) is 65.7 Å². The predicted molar refractivity (Wildman–Crippen MR) is 99.5 cm³/mol. The summed E-state index contributed by atoms with van der Waals surface area (Å²) in [4.78, 5) is 28.2. The molecule has 9 heteroatoms. The molecule has 1 heterocycles. The van der Waals surface area contributed by atoms with Gasteiger partial charge in [0.1, 0.15) is 10.8 Å². The first kappa shape index (κ1) is 19.4. The van der Waals surface area contributed by atoms with E-state index in [2.05, 4.69) is 15.0 Å². The topological polar surface area (TPSA) is 77.5 Å². The van der Waals surface area contributed by atoms with Gasteiger partial charge in [0.05, 0.1) is 5.69 Å². The highest BCUT2D eigenvalue weighted by atomic mass is 32.1. The quantitative estimate of drug-likeness (QED) is 0.597. The van der Waals surface area contributed by atoms with Gasteiger partial charge in [-0.2, -0.15) is 8.78 Å². The second-order valence-electron chi connectivity index (χ2n) is 5.40. The van der Waals surface area contributed by atoms with E-state index in [1.165, 1.54) is 34.9 Å². The van der Waals surface area contributed by atoms with E-state index in [0.717, 1.165) is 5.56 Å². The number of amides is 1. The third-order valence-corrected chi connectivity index (χ3v) is 4.34. The van der Waals surface area contributed by atoms with Crippen LogP contribution >= 0.6 is 11.3 Å². The summed E-state index contributed by atoms with van der Waals surface area (Å²) in [6.45, 7) is -3.63. The van der Waals surface area contributed by atoms with Crippen LogP contribution in [0.1, 0.15) is 10.5 Å². The normalized spacial score (nSPS) is 10.5. The lowest BCUT2D eigenvalue weighted by Gasteiger charge is -2.11. The molecule has 1 N–H and O–H groups in total. The summed E-state index contributed by atoms with van der Waals surface area (Å²) in [6.07, 6.45) is 0. The standard InChI is InChI=1S/C19H14F2N2O4S/c20-19(21)27-15-9-5-4-8-13(15)22-16(24)10-26-18(25)14-11-28-17(23-14)12-6-2-1-3-7-12/h1-9,11,19H,10H2,(H,22,24). The van der Waals surface area contributed by atoms with Gasteiger partial charge in [-0.05, 0) is 12.1 Å². The second-order valence-corrected chi connectivity index (χ2v) is 6.26. The van der Waals surface area contributed by atoms with Crippen LogP contribution in [-0.2, 0) is 9.53 Å². The highest BCUT2D eigenvalue weighted by molar-refractivity contribution is 7.13. The van der Waals surface area contributed by atoms with E-state index in [1.807, 2.05) is 30.3 Å². The summed E-state index contributed by atoms with van der Waals surface area (Å²) in [5, 5.41) is 4.55. The maximum Gasteiger partial charge on any atom is 0.387 e. The number of nitrogens with one attached hydrogen (secondary N) is 1. The molecule has 0 aliphatic carbocycles. The predicted octanol–water partition coefficient (Wildman–Crippen LogP) is 4.21. The number of ether oxygens (including phenoxy) is 2. The minimum Gasteiger partial charge on any atom is -0.451 e. The van der Waals surface area contributed by atoms with Crippen molar-refractivity contribution in [2.75, 3.05) is 11.9 Å². The van der Waals surface area contributed by atoms with E-state index < -0.39 is 25.1 Å². The van der Waals surface area contributed by atoms with Crippen molar-refractivity contribution in [1.82, 2.24) is 4.98 Å². The summed E-state index contributed by atoms with van der Waals surface area (Å²) in [5.74, 6) is -1.65. The third-order valence-electron chi connectivity index (χ3n) is 3.45. The van der Waals surface area contributed by atoms with Crippen LogP contribution in [0.25, 0.3) is 10.6 Å².